The van der Waals surface area contributed by atoms with Crippen molar-refractivity contribution in [1.29, 1.82) is 0 Å². The van der Waals surface area contributed by atoms with Gasteiger partial charge in [0.05, 0.1) is 0 Å². The van der Waals surface area contributed by atoms with Crippen LogP contribution in [0.2, 0.25) is 0 Å². The summed E-state index contributed by atoms with van der Waals surface area (Å²) in [4.78, 5) is 41.9. The second-order valence-corrected chi connectivity index (χ2v) is 8.92. The largest absolute Gasteiger partial charge is 0.446 e. The summed E-state index contributed by atoms with van der Waals surface area (Å²) < 4.78 is 7.16. The van der Waals surface area contributed by atoms with Gasteiger partial charge in [-0.1, -0.05) is 0 Å². The lowest BCUT2D eigenvalue weighted by Crippen LogP contribution is -2.50. The maximum Gasteiger partial charge on any atom is 0.410 e. The van der Waals surface area contributed by atoms with Crippen molar-refractivity contribution < 1.29 is 19.1 Å². The Morgan fingerprint density at radius 2 is 2.00 bits per heavy atom. The van der Waals surface area contributed by atoms with Crippen molar-refractivity contribution in [1.82, 2.24) is 14.7 Å². The van der Waals surface area contributed by atoms with Crippen molar-refractivity contribution >= 4 is 23.7 Å². The molecule has 2 heterocycles. The SMILES string of the molecule is [C-]#[N+]CC1(n2cc(C(N)=O)c(NC(=O)C3CC3)n2)CCN(C(=O)OC(C)C2CC2)CC1. The van der Waals surface area contributed by atoms with Gasteiger partial charge in [-0.2, -0.15) is 5.10 Å². The molecule has 10 nitrogen and oxygen atoms in total. The highest BCUT2D eigenvalue weighted by molar-refractivity contribution is 6.02. The van der Waals surface area contributed by atoms with Crippen LogP contribution in [-0.2, 0) is 15.1 Å². The number of anilines is 1. The fourth-order valence-corrected chi connectivity index (χ4v) is 4.06. The van der Waals surface area contributed by atoms with E-state index in [9.17, 15) is 14.4 Å². The highest BCUT2D eigenvalue weighted by Gasteiger charge is 2.43. The van der Waals surface area contributed by atoms with Crippen LogP contribution in [0.25, 0.3) is 4.85 Å². The summed E-state index contributed by atoms with van der Waals surface area (Å²) in [7, 11) is 0. The second-order valence-electron chi connectivity index (χ2n) is 8.92. The average molecular weight is 428 g/mol. The van der Waals surface area contributed by atoms with Crippen LogP contribution in [0.15, 0.2) is 6.20 Å². The van der Waals surface area contributed by atoms with Crippen LogP contribution < -0.4 is 11.1 Å². The van der Waals surface area contributed by atoms with Gasteiger partial charge in [0.2, 0.25) is 12.5 Å². The molecule has 31 heavy (non-hydrogen) atoms. The number of amides is 3. The number of ether oxygens (including phenoxy) is 1. The first-order valence-corrected chi connectivity index (χ1v) is 10.8. The minimum absolute atomic E-state index is 0.0460. The third-order valence-corrected chi connectivity index (χ3v) is 6.55. The van der Waals surface area contributed by atoms with E-state index in [1.807, 2.05) is 6.92 Å². The average Bonchev–Trinajstić information content (AvgIpc) is 3.65. The van der Waals surface area contributed by atoms with Gasteiger partial charge in [0.25, 0.3) is 5.91 Å². The fraction of sp³-hybridized carbons (Fsp3) is 0.667. The Balaban J connectivity index is 1.49. The molecule has 1 unspecified atom stereocenters. The third-order valence-electron chi connectivity index (χ3n) is 6.55. The summed E-state index contributed by atoms with van der Waals surface area (Å²) in [6.45, 7) is 10.3. The van der Waals surface area contributed by atoms with E-state index < -0.39 is 11.4 Å². The molecule has 0 radical (unpaired) electrons. The Morgan fingerprint density at radius 1 is 1.32 bits per heavy atom. The third kappa shape index (κ3) is 4.50. The topological polar surface area (TPSA) is 124 Å². The maximum atomic E-state index is 12.5. The first-order chi connectivity index (χ1) is 14.8. The Morgan fingerprint density at radius 3 is 2.55 bits per heavy atom. The molecule has 3 fully saturated rings. The van der Waals surface area contributed by atoms with Gasteiger partial charge < -0.3 is 25.5 Å². The van der Waals surface area contributed by atoms with E-state index in [-0.39, 0.29) is 41.9 Å². The Labute approximate surface area is 180 Å². The monoisotopic (exact) mass is 428 g/mol. The van der Waals surface area contributed by atoms with Gasteiger partial charge in [-0.15, -0.1) is 0 Å². The number of hydrogen-bond donors (Lipinski definition) is 2. The van der Waals surface area contributed by atoms with Gasteiger partial charge in [0.15, 0.2) is 5.82 Å². The molecule has 2 saturated carbocycles. The van der Waals surface area contributed by atoms with E-state index in [2.05, 4.69) is 15.3 Å². The van der Waals surface area contributed by atoms with Crippen LogP contribution in [0.1, 0.15) is 55.8 Å². The first-order valence-electron chi connectivity index (χ1n) is 10.8. The molecule has 3 aliphatic rings. The molecular formula is C21H28N6O4. The molecule has 1 aliphatic heterocycles. The van der Waals surface area contributed by atoms with Crippen molar-refractivity contribution in [3.8, 4) is 0 Å². The van der Waals surface area contributed by atoms with Crippen LogP contribution in [0.4, 0.5) is 10.6 Å². The predicted molar refractivity (Wildman–Crippen MR) is 111 cm³/mol. The molecule has 2 aliphatic carbocycles. The van der Waals surface area contributed by atoms with Crippen molar-refractivity contribution in [2.24, 2.45) is 17.6 Å². The standard InChI is InChI=1S/C21H28N6O4/c1-13(14-3-4-14)31-20(30)26-9-7-21(8-10-26,12-23-2)27-11-16(17(22)28)18(25-27)24-19(29)15-5-6-15/h11,13-15H,3-10,12H2,1H3,(H2,22,28)(H,24,25,29). The number of likely N-dealkylation sites (tertiary alicyclic amines) is 1. The number of piperidine rings is 1. The number of nitrogens with one attached hydrogen (secondary N) is 1. The van der Waals surface area contributed by atoms with Gasteiger partial charge in [-0.3, -0.25) is 14.3 Å². The summed E-state index contributed by atoms with van der Waals surface area (Å²) in [6, 6.07) is 0. The Hall–Kier alpha value is -3.09. The normalized spacial score (nSPS) is 21.1. The van der Waals surface area contributed by atoms with E-state index in [0.29, 0.717) is 31.8 Å². The summed E-state index contributed by atoms with van der Waals surface area (Å²) >= 11 is 0. The van der Waals surface area contributed by atoms with Crippen LogP contribution in [0, 0.1) is 18.4 Å². The molecule has 3 N–H and O–H groups in total. The molecule has 1 aromatic rings. The van der Waals surface area contributed by atoms with E-state index in [4.69, 9.17) is 17.0 Å². The summed E-state index contributed by atoms with van der Waals surface area (Å²) in [5.74, 6) is -0.306. The number of nitrogens with zero attached hydrogens (tertiary/aromatic N) is 4. The smallest absolute Gasteiger partial charge is 0.410 e. The molecule has 10 heteroatoms. The molecular weight excluding hydrogens is 400 g/mol. The molecule has 3 amide bonds. The highest BCUT2D eigenvalue weighted by atomic mass is 16.6. The molecule has 0 spiro atoms. The molecule has 166 valence electrons. The summed E-state index contributed by atoms with van der Waals surface area (Å²) in [5.41, 5.74) is 4.94. The number of hydrogen-bond acceptors (Lipinski definition) is 5. The van der Waals surface area contributed by atoms with Crippen molar-refractivity contribution in [2.45, 2.75) is 57.1 Å². The van der Waals surface area contributed by atoms with E-state index in [1.165, 1.54) is 6.20 Å². The summed E-state index contributed by atoms with van der Waals surface area (Å²) in [5, 5.41) is 7.16. The van der Waals surface area contributed by atoms with Crippen LogP contribution >= 0.6 is 0 Å². The minimum atomic E-state index is -0.689. The van der Waals surface area contributed by atoms with Crippen molar-refractivity contribution in [3.63, 3.8) is 0 Å². The molecule has 0 bridgehead atoms. The molecule has 1 atom stereocenters. The number of rotatable bonds is 7. The number of aromatic nitrogens is 2. The van der Waals surface area contributed by atoms with E-state index in [0.717, 1.165) is 25.7 Å². The van der Waals surface area contributed by atoms with Gasteiger partial charge in [-0.25, -0.2) is 11.4 Å². The maximum absolute atomic E-state index is 12.5. The number of nitrogens with two attached hydrogens (primary N) is 1. The minimum Gasteiger partial charge on any atom is -0.446 e. The van der Waals surface area contributed by atoms with Crippen molar-refractivity contribution in [3.05, 3.63) is 23.2 Å². The zero-order chi connectivity index (χ0) is 22.2. The van der Waals surface area contributed by atoms with E-state index >= 15 is 0 Å². The number of carbonyl (C=O) groups excluding carboxylic acids is 3. The summed E-state index contributed by atoms with van der Waals surface area (Å²) in [6.07, 6.45) is 5.93. The van der Waals surface area contributed by atoms with Crippen LogP contribution in [0.5, 0.6) is 0 Å². The van der Waals surface area contributed by atoms with Gasteiger partial charge in [0.1, 0.15) is 17.2 Å². The fourth-order valence-electron chi connectivity index (χ4n) is 4.06. The van der Waals surface area contributed by atoms with E-state index in [1.54, 1.807) is 9.58 Å². The predicted octanol–water partition coefficient (Wildman–Crippen LogP) is 1.98. The Bertz CT molecular complexity index is 919. The first kappa shape index (κ1) is 21.2. The zero-order valence-electron chi connectivity index (χ0n) is 17.7. The quantitative estimate of drug-likeness (QED) is 0.643. The number of primary amides is 1. The lowest BCUT2D eigenvalue weighted by atomic mass is 9.87. The van der Waals surface area contributed by atoms with Gasteiger partial charge in [0, 0.05) is 25.2 Å². The second kappa shape index (κ2) is 8.21. The molecule has 1 aromatic heterocycles. The molecule has 0 aromatic carbocycles. The lowest BCUT2D eigenvalue weighted by molar-refractivity contribution is -0.117. The van der Waals surface area contributed by atoms with Crippen molar-refractivity contribution in [2.75, 3.05) is 25.0 Å². The van der Waals surface area contributed by atoms with Gasteiger partial charge >= 0.3 is 6.09 Å². The molecule has 1 saturated heterocycles. The molecule has 4 rings (SSSR count). The highest BCUT2D eigenvalue weighted by Crippen LogP contribution is 2.36. The van der Waals surface area contributed by atoms with Crippen LogP contribution in [0.3, 0.4) is 0 Å². The van der Waals surface area contributed by atoms with Crippen LogP contribution in [-0.4, -0.2) is 58.3 Å². The Kier molecular flexibility index (Phi) is 5.60. The zero-order valence-corrected chi connectivity index (χ0v) is 17.7. The number of carbonyl (C=O) groups is 3. The van der Waals surface area contributed by atoms with Gasteiger partial charge in [-0.05, 0) is 51.4 Å². The lowest BCUT2D eigenvalue weighted by Gasteiger charge is -2.38.